The maximum Gasteiger partial charge on any atom is 0.294 e. The molecule has 0 spiro atoms. The summed E-state index contributed by atoms with van der Waals surface area (Å²) >= 11 is 0. The molecule has 0 aliphatic rings. The molecule has 0 radical (unpaired) electrons. The number of hydrogen-bond acceptors (Lipinski definition) is 5. The van der Waals surface area contributed by atoms with Gasteiger partial charge in [0.1, 0.15) is 0 Å². The van der Waals surface area contributed by atoms with Gasteiger partial charge in [0.05, 0.1) is 0 Å². The fourth-order valence-corrected chi connectivity index (χ4v) is 1.44. The van der Waals surface area contributed by atoms with Crippen molar-refractivity contribution in [3.05, 3.63) is 59.1 Å². The highest BCUT2D eigenvalue weighted by Gasteiger charge is 2.07. The number of terminal acetylenes is 1. The molecule has 20 heavy (non-hydrogen) atoms. The highest BCUT2D eigenvalue weighted by molar-refractivity contribution is 5.69. The van der Waals surface area contributed by atoms with Crippen LogP contribution in [0.1, 0.15) is 0 Å². The molecule has 0 aliphatic carbocycles. The predicted octanol–water partition coefficient (Wildman–Crippen LogP) is 0.894. The molecule has 2 aromatic heterocycles. The molecule has 2 N–H and O–H groups in total. The number of nitrogens with two attached hydrogens (primary N) is 1. The van der Waals surface area contributed by atoms with Crippen LogP contribution in [0.2, 0.25) is 0 Å². The SMILES string of the molecule is C#Cn1c(N)nc2nccnc2c1=O.c1ccccc1. The molecule has 0 amide bonds. The quantitative estimate of drug-likeness (QED) is 0.610. The molecular formula is C14H11N5O. The second-order valence-corrected chi connectivity index (χ2v) is 3.62. The molecule has 0 aliphatic heterocycles. The molecule has 3 rings (SSSR count). The van der Waals surface area contributed by atoms with Crippen molar-refractivity contribution >= 4 is 17.1 Å². The van der Waals surface area contributed by atoms with Gasteiger partial charge in [-0.15, -0.1) is 0 Å². The molecule has 6 nitrogen and oxygen atoms in total. The summed E-state index contributed by atoms with van der Waals surface area (Å²) in [7, 11) is 0. The summed E-state index contributed by atoms with van der Waals surface area (Å²) < 4.78 is 0.886. The number of nitrogens with zero attached hydrogens (tertiary/aromatic N) is 4. The van der Waals surface area contributed by atoms with Crippen LogP contribution in [0.3, 0.4) is 0 Å². The van der Waals surface area contributed by atoms with Crippen LogP contribution >= 0.6 is 0 Å². The number of nitrogen functional groups attached to an aromatic ring is 1. The summed E-state index contributed by atoms with van der Waals surface area (Å²) in [5, 5.41) is 0. The summed E-state index contributed by atoms with van der Waals surface area (Å²) in [5.74, 6) is -0.0644. The molecule has 0 saturated carbocycles. The number of benzene rings is 1. The Labute approximate surface area is 114 Å². The minimum absolute atomic E-state index is 0.0644. The molecule has 2 heterocycles. The van der Waals surface area contributed by atoms with Crippen molar-refractivity contribution in [1.82, 2.24) is 19.5 Å². The molecule has 3 aromatic rings. The standard InChI is InChI=1S/C8H5N5O.C6H6/c1-2-13-7(14)5-6(12-8(13)9)11-4-3-10-5;1-2-4-6-5-3-1/h1,3-4H,(H2,9,11,12);1-6H. The minimum Gasteiger partial charge on any atom is -0.368 e. The van der Waals surface area contributed by atoms with Gasteiger partial charge in [0.25, 0.3) is 5.56 Å². The number of hydrogen-bond donors (Lipinski definition) is 1. The highest BCUT2D eigenvalue weighted by atomic mass is 16.1. The van der Waals surface area contributed by atoms with Gasteiger partial charge in [-0.1, -0.05) is 42.8 Å². The van der Waals surface area contributed by atoms with E-state index in [4.69, 9.17) is 12.2 Å². The van der Waals surface area contributed by atoms with E-state index >= 15 is 0 Å². The Morgan fingerprint density at radius 1 is 1.05 bits per heavy atom. The van der Waals surface area contributed by atoms with E-state index in [1.54, 1.807) is 0 Å². The zero-order chi connectivity index (χ0) is 14.4. The Kier molecular flexibility index (Phi) is 4.04. The fraction of sp³-hybridized carbons (Fsp3) is 0. The fourth-order valence-electron chi connectivity index (χ4n) is 1.44. The Hall–Kier alpha value is -3.20. The van der Waals surface area contributed by atoms with Crippen molar-refractivity contribution in [3.8, 4) is 12.5 Å². The highest BCUT2D eigenvalue weighted by Crippen LogP contribution is 2.01. The summed E-state index contributed by atoms with van der Waals surface area (Å²) in [6.07, 6.45) is 7.90. The van der Waals surface area contributed by atoms with Crippen LogP contribution in [-0.4, -0.2) is 19.5 Å². The van der Waals surface area contributed by atoms with Crippen LogP contribution in [0, 0.1) is 12.5 Å². The maximum absolute atomic E-state index is 11.6. The summed E-state index contributed by atoms with van der Waals surface area (Å²) in [6, 6.07) is 14.1. The molecular weight excluding hydrogens is 254 g/mol. The van der Waals surface area contributed by atoms with Crippen LogP contribution in [0.25, 0.3) is 11.2 Å². The van der Waals surface area contributed by atoms with E-state index in [1.807, 2.05) is 36.4 Å². The number of rotatable bonds is 0. The smallest absolute Gasteiger partial charge is 0.294 e. The van der Waals surface area contributed by atoms with Gasteiger partial charge in [-0.05, 0) is 0 Å². The van der Waals surface area contributed by atoms with E-state index in [0.717, 1.165) is 4.57 Å². The molecule has 0 saturated heterocycles. The van der Waals surface area contributed by atoms with Crippen LogP contribution in [0.4, 0.5) is 5.95 Å². The van der Waals surface area contributed by atoms with E-state index in [1.165, 1.54) is 12.4 Å². The second-order valence-electron chi connectivity index (χ2n) is 3.62. The van der Waals surface area contributed by atoms with E-state index in [2.05, 4.69) is 21.0 Å². The zero-order valence-electron chi connectivity index (χ0n) is 10.5. The van der Waals surface area contributed by atoms with Crippen LogP contribution < -0.4 is 11.3 Å². The summed E-state index contributed by atoms with van der Waals surface area (Å²) in [5.41, 5.74) is 5.26. The van der Waals surface area contributed by atoms with Gasteiger partial charge in [0, 0.05) is 18.4 Å². The van der Waals surface area contributed by atoms with E-state index in [-0.39, 0.29) is 17.1 Å². The monoisotopic (exact) mass is 265 g/mol. The molecule has 0 unspecified atom stereocenters. The Balaban J connectivity index is 0.000000205. The molecule has 0 atom stereocenters. The second kappa shape index (κ2) is 6.11. The molecule has 98 valence electrons. The molecule has 0 fully saturated rings. The summed E-state index contributed by atoms with van der Waals surface area (Å²) in [6.45, 7) is 0. The van der Waals surface area contributed by atoms with Crippen molar-refractivity contribution in [2.45, 2.75) is 0 Å². The van der Waals surface area contributed by atoms with E-state index < -0.39 is 5.56 Å². The topological polar surface area (TPSA) is 86.7 Å². The Bertz CT molecular complexity index is 778. The lowest BCUT2D eigenvalue weighted by Crippen LogP contribution is -2.22. The average molecular weight is 265 g/mol. The molecule has 6 heteroatoms. The Morgan fingerprint density at radius 2 is 1.60 bits per heavy atom. The van der Waals surface area contributed by atoms with Crippen molar-refractivity contribution in [2.75, 3.05) is 5.73 Å². The lowest BCUT2D eigenvalue weighted by Gasteiger charge is -2.00. The third-order valence-electron chi connectivity index (χ3n) is 2.33. The van der Waals surface area contributed by atoms with Crippen LogP contribution in [-0.2, 0) is 0 Å². The van der Waals surface area contributed by atoms with Crippen molar-refractivity contribution in [1.29, 1.82) is 0 Å². The third-order valence-corrected chi connectivity index (χ3v) is 2.33. The van der Waals surface area contributed by atoms with Gasteiger partial charge in [-0.3, -0.25) is 4.79 Å². The van der Waals surface area contributed by atoms with Gasteiger partial charge in [-0.25, -0.2) is 14.5 Å². The Morgan fingerprint density at radius 3 is 2.15 bits per heavy atom. The van der Waals surface area contributed by atoms with Crippen molar-refractivity contribution in [3.63, 3.8) is 0 Å². The van der Waals surface area contributed by atoms with E-state index in [0.29, 0.717) is 0 Å². The lowest BCUT2D eigenvalue weighted by atomic mass is 10.4. The first-order valence-electron chi connectivity index (χ1n) is 5.70. The largest absolute Gasteiger partial charge is 0.368 e. The number of fused-ring (bicyclic) bond motifs is 1. The van der Waals surface area contributed by atoms with Crippen molar-refractivity contribution in [2.24, 2.45) is 0 Å². The first kappa shape index (κ1) is 13.2. The van der Waals surface area contributed by atoms with Crippen LogP contribution in [0.15, 0.2) is 53.6 Å². The van der Waals surface area contributed by atoms with Gasteiger partial charge in [0.2, 0.25) is 5.95 Å². The van der Waals surface area contributed by atoms with Gasteiger partial charge in [0.15, 0.2) is 11.2 Å². The first-order valence-corrected chi connectivity index (χ1v) is 5.70. The number of anilines is 1. The normalized spacial score (nSPS) is 9.35. The van der Waals surface area contributed by atoms with Gasteiger partial charge >= 0.3 is 0 Å². The van der Waals surface area contributed by atoms with E-state index in [9.17, 15) is 4.79 Å². The minimum atomic E-state index is -0.483. The van der Waals surface area contributed by atoms with Gasteiger partial charge in [-0.2, -0.15) is 4.98 Å². The van der Waals surface area contributed by atoms with Crippen molar-refractivity contribution < 1.29 is 0 Å². The lowest BCUT2D eigenvalue weighted by molar-refractivity contribution is 1.00. The first-order chi connectivity index (χ1) is 9.74. The zero-order valence-corrected chi connectivity index (χ0v) is 10.5. The molecule has 1 aromatic carbocycles. The maximum atomic E-state index is 11.6. The summed E-state index contributed by atoms with van der Waals surface area (Å²) in [4.78, 5) is 23.1. The molecule has 0 bridgehead atoms. The van der Waals surface area contributed by atoms with Crippen LogP contribution in [0.5, 0.6) is 0 Å². The predicted molar refractivity (Wildman–Crippen MR) is 76.7 cm³/mol. The van der Waals surface area contributed by atoms with Gasteiger partial charge < -0.3 is 5.73 Å². The third kappa shape index (κ3) is 2.79. The average Bonchev–Trinajstić information content (AvgIpc) is 2.50. The number of aromatic nitrogens is 4.